The van der Waals surface area contributed by atoms with E-state index in [9.17, 15) is 18.4 Å². The quantitative estimate of drug-likeness (QED) is 0.510. The van der Waals surface area contributed by atoms with E-state index in [0.29, 0.717) is 22.7 Å². The maximum absolute atomic E-state index is 14.1. The Balaban J connectivity index is 1.59. The molecule has 1 aliphatic rings. The summed E-state index contributed by atoms with van der Waals surface area (Å²) in [4.78, 5) is 33.0. The molecular weight excluding hydrogens is 420 g/mol. The van der Waals surface area contributed by atoms with Crippen molar-refractivity contribution in [2.45, 2.75) is 12.6 Å². The Morgan fingerprint density at radius 1 is 1.12 bits per heavy atom. The highest BCUT2D eigenvalue weighted by Crippen LogP contribution is 2.34. The molecule has 0 unspecified atom stereocenters. The highest BCUT2D eigenvalue weighted by atomic mass is 19.2. The summed E-state index contributed by atoms with van der Waals surface area (Å²) in [7, 11) is 3.17. The van der Waals surface area contributed by atoms with Crippen molar-refractivity contribution >= 4 is 27.6 Å². The molecule has 0 spiro atoms. The fourth-order valence-electron chi connectivity index (χ4n) is 4.23. The van der Waals surface area contributed by atoms with E-state index in [1.807, 2.05) is 6.07 Å². The second-order valence-electron chi connectivity index (χ2n) is 7.74. The maximum Gasteiger partial charge on any atom is 0.270 e. The number of H-pyrrole nitrogens is 2. The van der Waals surface area contributed by atoms with Crippen molar-refractivity contribution in [1.29, 1.82) is 0 Å². The van der Waals surface area contributed by atoms with E-state index in [2.05, 4.69) is 9.97 Å². The third-order valence-corrected chi connectivity index (χ3v) is 5.89. The van der Waals surface area contributed by atoms with E-state index in [-0.39, 0.29) is 29.9 Å². The Hall–Kier alpha value is -3.72. The Morgan fingerprint density at radius 3 is 2.62 bits per heavy atom. The van der Waals surface area contributed by atoms with Crippen LogP contribution in [0.15, 0.2) is 41.2 Å². The molecule has 1 aliphatic heterocycles. The zero-order valence-electron chi connectivity index (χ0n) is 17.3. The number of methoxy groups -OCH3 is 1. The number of nitrogens with zero attached hydrogens (tertiary/aromatic N) is 1. The van der Waals surface area contributed by atoms with Gasteiger partial charge < -0.3 is 24.3 Å². The average molecular weight is 439 g/mol. The summed E-state index contributed by atoms with van der Waals surface area (Å²) >= 11 is 0. The number of ether oxygens (including phenoxy) is 2. The number of pyridine rings is 1. The van der Waals surface area contributed by atoms with Gasteiger partial charge in [0, 0.05) is 35.3 Å². The summed E-state index contributed by atoms with van der Waals surface area (Å²) in [5, 5.41) is 1.13. The minimum atomic E-state index is -1.11. The number of benzene rings is 2. The first-order valence-electron chi connectivity index (χ1n) is 9.93. The predicted octanol–water partition coefficient (Wildman–Crippen LogP) is 3.64. The van der Waals surface area contributed by atoms with Crippen molar-refractivity contribution in [3.8, 4) is 5.75 Å². The minimum Gasteiger partial charge on any atom is -0.497 e. The molecule has 164 valence electrons. The first-order valence-corrected chi connectivity index (χ1v) is 9.93. The zero-order valence-corrected chi connectivity index (χ0v) is 17.3. The van der Waals surface area contributed by atoms with E-state index in [1.165, 1.54) is 4.90 Å². The number of nitrogens with one attached hydrogen (secondary N) is 2. The van der Waals surface area contributed by atoms with Crippen molar-refractivity contribution in [2.75, 3.05) is 20.8 Å². The van der Waals surface area contributed by atoms with Crippen LogP contribution in [0.4, 0.5) is 8.78 Å². The van der Waals surface area contributed by atoms with E-state index >= 15 is 0 Å². The number of hydrogen-bond donors (Lipinski definition) is 2. The fraction of sp³-hybridized carbons (Fsp3) is 0.217. The van der Waals surface area contributed by atoms with Crippen LogP contribution in [0.25, 0.3) is 21.7 Å². The van der Waals surface area contributed by atoms with E-state index in [1.54, 1.807) is 32.4 Å². The smallest absolute Gasteiger partial charge is 0.270 e. The minimum absolute atomic E-state index is 0.0214. The Labute approximate surface area is 180 Å². The number of likely N-dealkylation sites (N-methyl/N-ethyl adjacent to an activating group) is 1. The number of carbonyl (C=O) groups is 1. The van der Waals surface area contributed by atoms with E-state index in [0.717, 1.165) is 23.0 Å². The molecule has 0 bridgehead atoms. The van der Waals surface area contributed by atoms with Gasteiger partial charge in [-0.25, -0.2) is 8.78 Å². The topological polar surface area (TPSA) is 87.4 Å². The summed E-state index contributed by atoms with van der Waals surface area (Å²) in [6.07, 6.45) is 0. The molecular formula is C23H19F2N3O4. The summed E-state index contributed by atoms with van der Waals surface area (Å²) in [6, 6.07) is 8.44. The maximum atomic E-state index is 14.1. The molecule has 2 aromatic heterocycles. The third-order valence-electron chi connectivity index (χ3n) is 5.89. The number of halogens is 2. The highest BCUT2D eigenvalue weighted by Gasteiger charge is 2.32. The molecule has 32 heavy (non-hydrogen) atoms. The summed E-state index contributed by atoms with van der Waals surface area (Å²) in [6.45, 7) is 0.244. The van der Waals surface area contributed by atoms with Crippen molar-refractivity contribution in [2.24, 2.45) is 0 Å². The molecule has 1 amide bonds. The van der Waals surface area contributed by atoms with Gasteiger partial charge in [-0.2, -0.15) is 0 Å². The third kappa shape index (κ3) is 3.13. The van der Waals surface area contributed by atoms with Crippen LogP contribution in [0, 0.1) is 11.6 Å². The van der Waals surface area contributed by atoms with Crippen LogP contribution in [-0.2, 0) is 11.3 Å². The van der Waals surface area contributed by atoms with E-state index < -0.39 is 23.2 Å². The molecule has 9 heteroatoms. The van der Waals surface area contributed by atoms with Gasteiger partial charge in [0.2, 0.25) is 0 Å². The fourth-order valence-corrected chi connectivity index (χ4v) is 4.23. The second-order valence-corrected chi connectivity index (χ2v) is 7.74. The van der Waals surface area contributed by atoms with Crippen LogP contribution in [-0.4, -0.2) is 41.5 Å². The SMILES string of the molecule is COc1ccc2cc(C(=O)N(C)[C@H]3COCc4[nH]c(=O)c5cc(F)c(F)cc5c43)[nH]c2c1. The molecule has 7 nitrogen and oxygen atoms in total. The molecule has 0 fully saturated rings. The van der Waals surface area contributed by atoms with Gasteiger partial charge in [0.25, 0.3) is 11.5 Å². The first kappa shape index (κ1) is 20.2. The first-order chi connectivity index (χ1) is 15.4. The van der Waals surface area contributed by atoms with Gasteiger partial charge in [-0.3, -0.25) is 9.59 Å². The number of aromatic nitrogens is 2. The van der Waals surface area contributed by atoms with Crippen LogP contribution >= 0.6 is 0 Å². The van der Waals surface area contributed by atoms with Crippen molar-refractivity contribution in [1.82, 2.24) is 14.9 Å². The van der Waals surface area contributed by atoms with Crippen molar-refractivity contribution < 1.29 is 23.0 Å². The number of carbonyl (C=O) groups excluding carboxylic acids is 1. The molecule has 2 N–H and O–H groups in total. The van der Waals surface area contributed by atoms with Crippen LogP contribution in [0.1, 0.15) is 27.8 Å². The Kier molecular flexibility index (Phi) is 4.70. The molecule has 4 aromatic rings. The molecule has 0 aliphatic carbocycles. The summed E-state index contributed by atoms with van der Waals surface area (Å²) in [5.41, 5.74) is 1.53. The number of amides is 1. The molecule has 0 saturated heterocycles. The Bertz CT molecular complexity index is 1440. The molecule has 3 heterocycles. The van der Waals surface area contributed by atoms with Gasteiger partial charge in [0.1, 0.15) is 11.4 Å². The average Bonchev–Trinajstić information content (AvgIpc) is 3.22. The molecule has 5 rings (SSSR count). The van der Waals surface area contributed by atoms with Gasteiger partial charge in [-0.15, -0.1) is 0 Å². The largest absolute Gasteiger partial charge is 0.497 e. The second kappa shape index (κ2) is 7.45. The normalized spacial score (nSPS) is 15.7. The standard InChI is InChI=1S/C23H19F2N3O4/c1-28(23(30)18-5-11-3-4-12(31-2)6-17(11)26-18)20-10-32-9-19-21(20)13-7-15(24)16(25)8-14(13)22(29)27-19/h3-8,20,26H,9-10H2,1-2H3,(H,27,29)/t20-/m0/s1. The van der Waals surface area contributed by atoms with Crippen LogP contribution in [0.2, 0.25) is 0 Å². The van der Waals surface area contributed by atoms with Gasteiger partial charge in [-0.05, 0) is 35.7 Å². The lowest BCUT2D eigenvalue weighted by Crippen LogP contribution is -2.37. The summed E-state index contributed by atoms with van der Waals surface area (Å²) < 4.78 is 38.7. The zero-order chi connectivity index (χ0) is 22.6. The molecule has 2 aromatic carbocycles. The molecule has 0 saturated carbocycles. The van der Waals surface area contributed by atoms with Gasteiger partial charge >= 0.3 is 0 Å². The predicted molar refractivity (Wildman–Crippen MR) is 114 cm³/mol. The number of rotatable bonds is 3. The highest BCUT2D eigenvalue weighted by molar-refractivity contribution is 5.98. The lowest BCUT2D eigenvalue weighted by Gasteiger charge is -2.33. The van der Waals surface area contributed by atoms with Crippen LogP contribution in [0.3, 0.4) is 0 Å². The van der Waals surface area contributed by atoms with Crippen molar-refractivity contribution in [3.63, 3.8) is 0 Å². The molecule has 0 radical (unpaired) electrons. The lowest BCUT2D eigenvalue weighted by atomic mass is 9.95. The Morgan fingerprint density at radius 2 is 1.88 bits per heavy atom. The number of aromatic amines is 2. The number of fused-ring (bicyclic) bond motifs is 4. The van der Waals surface area contributed by atoms with Crippen LogP contribution < -0.4 is 10.3 Å². The number of hydrogen-bond acceptors (Lipinski definition) is 4. The lowest BCUT2D eigenvalue weighted by molar-refractivity contribution is 0.0333. The van der Waals surface area contributed by atoms with E-state index in [4.69, 9.17) is 9.47 Å². The van der Waals surface area contributed by atoms with Gasteiger partial charge in [0.05, 0.1) is 31.8 Å². The van der Waals surface area contributed by atoms with Crippen LogP contribution in [0.5, 0.6) is 5.75 Å². The van der Waals surface area contributed by atoms with Crippen molar-refractivity contribution in [3.05, 3.63) is 75.3 Å². The van der Waals surface area contributed by atoms with Gasteiger partial charge in [0.15, 0.2) is 11.6 Å². The monoisotopic (exact) mass is 439 g/mol. The molecule has 1 atom stereocenters. The summed E-state index contributed by atoms with van der Waals surface area (Å²) in [5.74, 6) is -1.83. The van der Waals surface area contributed by atoms with Gasteiger partial charge in [-0.1, -0.05) is 0 Å².